The Hall–Kier alpha value is -4.12. The molecule has 3 fully saturated rings. The predicted octanol–water partition coefficient (Wildman–Crippen LogP) is 6.38. The van der Waals surface area contributed by atoms with Crippen LogP contribution in [-0.2, 0) is 11.2 Å². The molecule has 0 saturated carbocycles. The van der Waals surface area contributed by atoms with Gasteiger partial charge >= 0.3 is 12.4 Å². The van der Waals surface area contributed by atoms with Gasteiger partial charge in [0, 0.05) is 43.2 Å². The smallest absolute Gasteiger partial charge is 0.461 e. The summed E-state index contributed by atoms with van der Waals surface area (Å²) >= 11 is 0. The van der Waals surface area contributed by atoms with Gasteiger partial charge in [-0.15, -0.1) is 19.6 Å². The molecule has 8 rings (SSSR count). The highest BCUT2D eigenvalue weighted by atomic mass is 19.4. The summed E-state index contributed by atoms with van der Waals surface area (Å²) in [6.45, 7) is 6.84. The molecule has 3 saturated heterocycles. The number of ether oxygens (including phenoxy) is 2. The highest BCUT2D eigenvalue weighted by molar-refractivity contribution is 6.02. The summed E-state index contributed by atoms with van der Waals surface area (Å²) in [7, 11) is 0. The van der Waals surface area contributed by atoms with E-state index in [1.807, 2.05) is 18.7 Å². The van der Waals surface area contributed by atoms with E-state index in [-0.39, 0.29) is 48.4 Å². The number of piperazine rings is 1. The molecule has 0 radical (unpaired) electrons. The Kier molecular flexibility index (Phi) is 8.83. The van der Waals surface area contributed by atoms with Gasteiger partial charge in [0.15, 0.2) is 5.82 Å². The number of benzene rings is 2. The fraction of sp³-hybridized carbons (Fsp3) is 0.472. The maximum Gasteiger partial charge on any atom is 0.522 e. The van der Waals surface area contributed by atoms with Gasteiger partial charge in [0.25, 0.3) is 0 Å². The number of hydrogen-bond acceptors (Lipinski definition) is 8. The van der Waals surface area contributed by atoms with Gasteiger partial charge in [0.2, 0.25) is 0 Å². The Bertz CT molecular complexity index is 1950. The monoisotopic (exact) mass is 680 g/mol. The Labute approximate surface area is 281 Å². The van der Waals surface area contributed by atoms with E-state index < -0.39 is 29.6 Å². The number of nitrogens with zero attached hydrogens (tertiary/aromatic N) is 5. The van der Waals surface area contributed by atoms with Crippen molar-refractivity contribution in [1.29, 1.82) is 0 Å². The van der Waals surface area contributed by atoms with Crippen molar-refractivity contribution in [2.24, 2.45) is 0 Å². The number of anilines is 1. The van der Waals surface area contributed by atoms with Gasteiger partial charge in [-0.3, -0.25) is 9.64 Å². The third-order valence-electron chi connectivity index (χ3n) is 10.1. The number of fused-ring (bicyclic) bond motifs is 4. The number of aromatic nitrogens is 3. The first-order valence-electron chi connectivity index (χ1n) is 16.8. The molecular weight excluding hydrogens is 643 g/mol. The zero-order chi connectivity index (χ0) is 34.5. The molecular formula is C36H37F5N6O2. The highest BCUT2D eigenvalue weighted by Gasteiger charge is 2.52. The van der Waals surface area contributed by atoms with Crippen molar-refractivity contribution in [3.8, 4) is 29.6 Å². The van der Waals surface area contributed by atoms with Crippen LogP contribution < -0.4 is 15.0 Å². The van der Waals surface area contributed by atoms with Gasteiger partial charge in [-0.2, -0.15) is 9.97 Å². The summed E-state index contributed by atoms with van der Waals surface area (Å²) in [5, 5.41) is 4.93. The lowest BCUT2D eigenvalue weighted by Gasteiger charge is -2.36. The fourth-order valence-electron chi connectivity index (χ4n) is 8.06. The molecule has 2 aromatic carbocycles. The molecule has 3 atom stereocenters. The maximum atomic E-state index is 16.9. The van der Waals surface area contributed by atoms with Crippen molar-refractivity contribution < 1.29 is 31.4 Å². The van der Waals surface area contributed by atoms with E-state index in [1.54, 1.807) is 24.3 Å². The Morgan fingerprint density at radius 2 is 1.92 bits per heavy atom. The van der Waals surface area contributed by atoms with Crippen LogP contribution in [0.3, 0.4) is 0 Å². The van der Waals surface area contributed by atoms with Gasteiger partial charge in [0.05, 0.1) is 28.3 Å². The molecule has 0 spiro atoms. The SMILES string of the molecule is C#Cc1c(F)ccc2cccc(-c3nc4c5c(nc(OCC67CCCN6CC(OC(F)(F)F)C7)nc5c3F)N3CCNCC3CC4)c12.CC. The number of alkyl halides is 3. The number of halogens is 5. The van der Waals surface area contributed by atoms with Crippen molar-refractivity contribution in [3.63, 3.8) is 0 Å². The number of rotatable bonds is 5. The van der Waals surface area contributed by atoms with Crippen LogP contribution in [0.15, 0.2) is 30.3 Å². The average Bonchev–Trinajstić information content (AvgIpc) is 3.58. The van der Waals surface area contributed by atoms with E-state index in [9.17, 15) is 17.6 Å². The first-order valence-corrected chi connectivity index (χ1v) is 16.8. The second-order valence-corrected chi connectivity index (χ2v) is 12.8. The predicted molar refractivity (Wildman–Crippen MR) is 176 cm³/mol. The lowest BCUT2D eigenvalue weighted by Crippen LogP contribution is -2.51. The van der Waals surface area contributed by atoms with Crippen LogP contribution in [0.1, 0.15) is 50.8 Å². The Balaban J connectivity index is 0.00000186. The molecule has 13 heteroatoms. The van der Waals surface area contributed by atoms with Gasteiger partial charge < -0.3 is 15.0 Å². The standard InChI is InChI=1S/C34H31F5N6O2.C2H6/c1-2-22-24(35)9-7-19-5-3-6-23(26(19)22)29-28(36)30-27-25(41-29)10-8-20-16-40-12-14-45(20)31(27)43-32(42-30)46-18-33-11-4-13-44(33)17-21(15-33)47-34(37,38)39;1-2/h1,3,5-7,9,20-21,40H,4,8,10-18H2;1-2H3. The maximum absolute atomic E-state index is 16.9. The summed E-state index contributed by atoms with van der Waals surface area (Å²) in [6.07, 6.45) is 2.84. The summed E-state index contributed by atoms with van der Waals surface area (Å²) in [4.78, 5) is 18.4. The highest BCUT2D eigenvalue weighted by Crippen LogP contribution is 2.43. The lowest BCUT2D eigenvalue weighted by atomic mass is 9.94. The zero-order valence-corrected chi connectivity index (χ0v) is 27.3. The van der Waals surface area contributed by atoms with E-state index in [4.69, 9.17) is 21.1 Å². The molecule has 0 aliphatic carbocycles. The lowest BCUT2D eigenvalue weighted by molar-refractivity contribution is -0.340. The van der Waals surface area contributed by atoms with Crippen LogP contribution in [0, 0.1) is 24.0 Å². The number of nitrogens with one attached hydrogen (secondary N) is 1. The summed E-state index contributed by atoms with van der Waals surface area (Å²) in [6, 6.07) is 8.08. The quantitative estimate of drug-likeness (QED) is 0.193. The normalized spacial score (nSPS) is 23.4. The molecule has 4 aliphatic heterocycles. The number of aryl methyl sites for hydroxylation is 1. The molecule has 3 unspecified atom stereocenters. The third-order valence-corrected chi connectivity index (χ3v) is 10.1. The Morgan fingerprint density at radius 1 is 1.08 bits per heavy atom. The molecule has 0 amide bonds. The number of terminal acetylenes is 1. The van der Waals surface area contributed by atoms with Crippen molar-refractivity contribution in [3.05, 3.63) is 53.2 Å². The van der Waals surface area contributed by atoms with E-state index in [2.05, 4.69) is 25.9 Å². The van der Waals surface area contributed by atoms with Crippen molar-refractivity contribution >= 4 is 27.5 Å². The molecule has 49 heavy (non-hydrogen) atoms. The van der Waals surface area contributed by atoms with Gasteiger partial charge in [0.1, 0.15) is 29.5 Å². The fourth-order valence-corrected chi connectivity index (χ4v) is 8.06. The van der Waals surface area contributed by atoms with E-state index >= 15 is 4.39 Å². The molecule has 6 heterocycles. The molecule has 4 aromatic rings. The Morgan fingerprint density at radius 3 is 2.71 bits per heavy atom. The summed E-state index contributed by atoms with van der Waals surface area (Å²) in [5.74, 6) is 1.63. The third kappa shape index (κ3) is 5.93. The van der Waals surface area contributed by atoms with Crippen molar-refractivity contribution in [2.75, 3.05) is 44.2 Å². The van der Waals surface area contributed by atoms with Crippen molar-refractivity contribution in [1.82, 2.24) is 25.2 Å². The largest absolute Gasteiger partial charge is 0.522 e. The van der Waals surface area contributed by atoms with Crippen LogP contribution in [0.2, 0.25) is 0 Å². The topological polar surface area (TPSA) is 75.6 Å². The van der Waals surface area contributed by atoms with Crippen LogP contribution in [0.4, 0.5) is 27.8 Å². The van der Waals surface area contributed by atoms with Crippen LogP contribution >= 0.6 is 0 Å². The second-order valence-electron chi connectivity index (χ2n) is 12.8. The second kappa shape index (κ2) is 13.0. The molecule has 8 nitrogen and oxygen atoms in total. The minimum Gasteiger partial charge on any atom is -0.461 e. The summed E-state index contributed by atoms with van der Waals surface area (Å²) < 4.78 is 81.6. The van der Waals surface area contributed by atoms with Gasteiger partial charge in [-0.25, -0.2) is 13.8 Å². The first kappa shape index (κ1) is 33.4. The van der Waals surface area contributed by atoms with Crippen LogP contribution in [0.5, 0.6) is 6.01 Å². The zero-order valence-electron chi connectivity index (χ0n) is 27.3. The minimum atomic E-state index is -4.73. The van der Waals surface area contributed by atoms with Gasteiger partial charge in [-0.1, -0.05) is 44.0 Å². The van der Waals surface area contributed by atoms with E-state index in [0.717, 1.165) is 12.8 Å². The van der Waals surface area contributed by atoms with Crippen LogP contribution in [0.25, 0.3) is 32.9 Å². The molecule has 0 bridgehead atoms. The van der Waals surface area contributed by atoms with E-state index in [1.165, 1.54) is 6.07 Å². The van der Waals surface area contributed by atoms with Gasteiger partial charge in [-0.05, 0) is 50.1 Å². The molecule has 1 N–H and O–H groups in total. The molecule has 258 valence electrons. The summed E-state index contributed by atoms with van der Waals surface area (Å²) in [5.41, 5.74) is 0.324. The number of hydrogen-bond donors (Lipinski definition) is 1. The van der Waals surface area contributed by atoms with E-state index in [0.29, 0.717) is 72.3 Å². The average molecular weight is 681 g/mol. The van der Waals surface area contributed by atoms with Crippen molar-refractivity contribution in [2.45, 2.75) is 70.0 Å². The van der Waals surface area contributed by atoms with Crippen LogP contribution in [-0.4, -0.2) is 83.2 Å². The first-order chi connectivity index (χ1) is 23.6. The molecule has 2 aromatic heterocycles. The minimum absolute atomic E-state index is 0.00251. The molecule has 4 aliphatic rings. The number of pyridine rings is 1.